The van der Waals surface area contributed by atoms with E-state index in [1.165, 1.54) is 0 Å². The summed E-state index contributed by atoms with van der Waals surface area (Å²) in [5.41, 5.74) is 0.980. The fourth-order valence-electron chi connectivity index (χ4n) is 1.74. The lowest BCUT2D eigenvalue weighted by Crippen LogP contribution is -2.32. The Hall–Kier alpha value is -0.180. The first-order valence-electron chi connectivity index (χ1n) is 4.55. The van der Waals surface area contributed by atoms with Crippen LogP contribution in [0.2, 0.25) is 0 Å². The molecule has 0 amide bonds. The summed E-state index contributed by atoms with van der Waals surface area (Å²) in [4.78, 5) is 0. The summed E-state index contributed by atoms with van der Waals surface area (Å²) >= 11 is 2.02. The first-order valence-corrected chi connectivity index (χ1v) is 5.49. The quantitative estimate of drug-likeness (QED) is 0.505. The van der Waals surface area contributed by atoms with Gasteiger partial charge in [-0.05, 0) is 6.42 Å². The van der Waals surface area contributed by atoms with Gasteiger partial charge in [-0.3, -0.25) is 0 Å². The highest BCUT2D eigenvalue weighted by Gasteiger charge is 2.29. The van der Waals surface area contributed by atoms with E-state index in [-0.39, 0.29) is 0 Å². The second-order valence-corrected chi connectivity index (χ2v) is 5.16. The van der Waals surface area contributed by atoms with Crippen molar-refractivity contribution in [2.75, 3.05) is 0 Å². The van der Waals surface area contributed by atoms with Crippen molar-refractivity contribution < 1.29 is 5.21 Å². The van der Waals surface area contributed by atoms with E-state index in [1.54, 1.807) is 0 Å². The van der Waals surface area contributed by atoms with E-state index in [1.807, 2.05) is 11.8 Å². The molecule has 1 rings (SSSR count). The number of hydrogen-bond acceptors (Lipinski definition) is 3. The number of nitrogens with zero attached hydrogens (tertiary/aromatic N) is 1. The van der Waals surface area contributed by atoms with Crippen molar-refractivity contribution in [2.45, 2.75) is 44.1 Å². The van der Waals surface area contributed by atoms with Gasteiger partial charge in [-0.1, -0.05) is 25.9 Å². The van der Waals surface area contributed by atoms with E-state index in [9.17, 15) is 0 Å². The third-order valence-electron chi connectivity index (χ3n) is 2.52. The van der Waals surface area contributed by atoms with E-state index in [0.717, 1.165) is 18.6 Å². The van der Waals surface area contributed by atoms with Gasteiger partial charge in [0.15, 0.2) is 0 Å². The summed E-state index contributed by atoms with van der Waals surface area (Å²) in [7, 11) is 0. The molecule has 2 nitrogen and oxygen atoms in total. The van der Waals surface area contributed by atoms with Crippen molar-refractivity contribution in [2.24, 2.45) is 11.1 Å². The Kier molecular flexibility index (Phi) is 3.44. The molecule has 1 aliphatic heterocycles. The van der Waals surface area contributed by atoms with Gasteiger partial charge in [-0.2, -0.15) is 11.8 Å². The molecule has 0 aromatic rings. The molecule has 12 heavy (non-hydrogen) atoms. The van der Waals surface area contributed by atoms with Crippen LogP contribution in [0.4, 0.5) is 0 Å². The van der Waals surface area contributed by atoms with Crippen molar-refractivity contribution in [3.8, 4) is 0 Å². The van der Waals surface area contributed by atoms with Crippen molar-refractivity contribution >= 4 is 17.5 Å². The molecule has 0 radical (unpaired) electrons. The average Bonchev–Trinajstić information content (AvgIpc) is 2.08. The third-order valence-corrected chi connectivity index (χ3v) is 4.24. The average molecular weight is 187 g/mol. The highest BCUT2D eigenvalue weighted by atomic mass is 32.2. The van der Waals surface area contributed by atoms with Crippen molar-refractivity contribution in [1.82, 2.24) is 0 Å². The Balaban J connectivity index is 2.68. The summed E-state index contributed by atoms with van der Waals surface area (Å²) < 4.78 is 0. The van der Waals surface area contributed by atoms with Crippen LogP contribution in [0.5, 0.6) is 0 Å². The number of rotatable bonds is 1. The molecule has 3 heteroatoms. The smallest absolute Gasteiger partial charge is 0.0620 e. The van der Waals surface area contributed by atoms with E-state index >= 15 is 0 Å². The Morgan fingerprint density at radius 2 is 2.25 bits per heavy atom. The van der Waals surface area contributed by atoms with Crippen LogP contribution in [0.25, 0.3) is 0 Å². The molecule has 3 atom stereocenters. The molecule has 70 valence electrons. The van der Waals surface area contributed by atoms with Gasteiger partial charge in [0.1, 0.15) is 0 Å². The first kappa shape index (κ1) is 9.90. The van der Waals surface area contributed by atoms with E-state index in [4.69, 9.17) is 5.21 Å². The maximum atomic E-state index is 8.77. The second-order valence-electron chi connectivity index (χ2n) is 3.48. The lowest BCUT2D eigenvalue weighted by Gasteiger charge is -2.32. The maximum absolute atomic E-state index is 8.77. The summed E-state index contributed by atoms with van der Waals surface area (Å²) in [6, 6.07) is 0. The standard InChI is InChI=1S/C9H17NOS/c1-4-9-7(3)8(10-11)5-6(2)12-9/h6-7,9,11H,4-5H2,1-3H3/b10-8+. The largest absolute Gasteiger partial charge is 0.411 e. The highest BCUT2D eigenvalue weighted by molar-refractivity contribution is 8.00. The third kappa shape index (κ3) is 1.94. The van der Waals surface area contributed by atoms with Crippen LogP contribution in [0.3, 0.4) is 0 Å². The van der Waals surface area contributed by atoms with Crippen LogP contribution in [-0.4, -0.2) is 21.4 Å². The second kappa shape index (κ2) is 4.17. The van der Waals surface area contributed by atoms with Crippen LogP contribution in [0.15, 0.2) is 5.16 Å². The summed E-state index contributed by atoms with van der Waals surface area (Å²) in [6.07, 6.45) is 2.11. The predicted octanol–water partition coefficient (Wildman–Crippen LogP) is 2.76. The Morgan fingerprint density at radius 3 is 2.75 bits per heavy atom. The fourth-order valence-corrected chi connectivity index (χ4v) is 3.19. The Labute approximate surface area is 78.4 Å². The molecule has 1 saturated heterocycles. The van der Waals surface area contributed by atoms with Crippen LogP contribution >= 0.6 is 11.8 Å². The zero-order chi connectivity index (χ0) is 9.14. The SMILES string of the molecule is CCC1SC(C)C/C(=N\O)C1C. The van der Waals surface area contributed by atoms with Gasteiger partial charge >= 0.3 is 0 Å². The van der Waals surface area contributed by atoms with Gasteiger partial charge in [0.25, 0.3) is 0 Å². The highest BCUT2D eigenvalue weighted by Crippen LogP contribution is 2.35. The molecule has 3 unspecified atom stereocenters. The van der Waals surface area contributed by atoms with Crippen molar-refractivity contribution in [3.63, 3.8) is 0 Å². The maximum Gasteiger partial charge on any atom is 0.0620 e. The van der Waals surface area contributed by atoms with Gasteiger partial charge in [0, 0.05) is 22.8 Å². The predicted molar refractivity (Wildman–Crippen MR) is 54.1 cm³/mol. The molecule has 0 saturated carbocycles. The summed E-state index contributed by atoms with van der Waals surface area (Å²) in [5, 5.41) is 13.4. The minimum atomic E-state index is 0.446. The molecule has 1 aliphatic rings. The molecular formula is C9H17NOS. The van der Waals surface area contributed by atoms with Crippen LogP contribution in [0.1, 0.15) is 33.6 Å². The Bertz CT molecular complexity index is 181. The van der Waals surface area contributed by atoms with E-state index in [0.29, 0.717) is 16.4 Å². The molecule has 1 heterocycles. The first-order chi connectivity index (χ1) is 5.69. The lowest BCUT2D eigenvalue weighted by atomic mass is 9.95. The Morgan fingerprint density at radius 1 is 1.58 bits per heavy atom. The topological polar surface area (TPSA) is 32.6 Å². The number of oxime groups is 1. The van der Waals surface area contributed by atoms with Gasteiger partial charge < -0.3 is 5.21 Å². The molecule has 1 fully saturated rings. The fraction of sp³-hybridized carbons (Fsp3) is 0.889. The molecule has 0 spiro atoms. The van der Waals surface area contributed by atoms with Gasteiger partial charge in [0.2, 0.25) is 0 Å². The number of thioether (sulfide) groups is 1. The van der Waals surface area contributed by atoms with Gasteiger partial charge in [-0.25, -0.2) is 0 Å². The van der Waals surface area contributed by atoms with Crippen molar-refractivity contribution in [3.05, 3.63) is 0 Å². The van der Waals surface area contributed by atoms with E-state index in [2.05, 4.69) is 25.9 Å². The van der Waals surface area contributed by atoms with Crippen LogP contribution in [-0.2, 0) is 0 Å². The molecule has 0 aromatic carbocycles. The molecule has 0 aliphatic carbocycles. The molecule has 1 N–H and O–H groups in total. The number of hydrogen-bond donors (Lipinski definition) is 1. The molecule has 0 aromatic heterocycles. The normalized spacial score (nSPS) is 40.2. The summed E-state index contributed by atoms with van der Waals surface area (Å²) in [6.45, 7) is 6.55. The lowest BCUT2D eigenvalue weighted by molar-refractivity contribution is 0.312. The van der Waals surface area contributed by atoms with Gasteiger partial charge in [-0.15, -0.1) is 0 Å². The minimum absolute atomic E-state index is 0.446. The van der Waals surface area contributed by atoms with Crippen molar-refractivity contribution in [1.29, 1.82) is 0 Å². The van der Waals surface area contributed by atoms with Gasteiger partial charge in [0.05, 0.1) is 5.71 Å². The zero-order valence-corrected chi connectivity index (χ0v) is 8.77. The van der Waals surface area contributed by atoms with Crippen LogP contribution in [0, 0.1) is 5.92 Å². The molecule has 0 bridgehead atoms. The zero-order valence-electron chi connectivity index (χ0n) is 7.95. The van der Waals surface area contributed by atoms with Crippen LogP contribution < -0.4 is 0 Å². The van der Waals surface area contributed by atoms with E-state index < -0.39 is 0 Å². The molecular weight excluding hydrogens is 170 g/mol. The minimum Gasteiger partial charge on any atom is -0.411 e. The monoisotopic (exact) mass is 187 g/mol. The summed E-state index contributed by atoms with van der Waals surface area (Å²) in [5.74, 6) is 0.446.